The molecular formula is C15H23N3O5S2. The smallest absolute Gasteiger partial charge is 0.293 e. The van der Waals surface area contributed by atoms with E-state index < -0.39 is 25.6 Å². The first-order valence-electron chi connectivity index (χ1n) is 7.83. The molecule has 2 rings (SSSR count). The molecule has 1 N–H and O–H groups in total. The molecule has 1 aromatic carbocycles. The molecule has 0 bridgehead atoms. The number of nitro benzene ring substituents is 1. The van der Waals surface area contributed by atoms with Crippen molar-refractivity contribution >= 4 is 32.0 Å². The second-order valence-corrected chi connectivity index (χ2v) is 10.4. The number of rotatable bonds is 6. The summed E-state index contributed by atoms with van der Waals surface area (Å²) in [6.07, 6.45) is 1.02. The zero-order chi connectivity index (χ0) is 18.8. The normalized spacial score (nSPS) is 17.4. The van der Waals surface area contributed by atoms with Crippen LogP contribution in [0.1, 0.15) is 13.8 Å². The molecule has 0 aromatic heterocycles. The molecule has 0 aliphatic carbocycles. The summed E-state index contributed by atoms with van der Waals surface area (Å²) in [7, 11) is -4.28. The van der Waals surface area contributed by atoms with E-state index in [0.29, 0.717) is 18.1 Å². The van der Waals surface area contributed by atoms with Gasteiger partial charge in [-0.1, -0.05) is 0 Å². The lowest BCUT2D eigenvalue weighted by Crippen LogP contribution is -2.53. The molecule has 0 unspecified atom stereocenters. The molecule has 0 atom stereocenters. The molecule has 1 aliphatic heterocycles. The predicted molar refractivity (Wildman–Crippen MR) is 98.2 cm³/mol. The number of benzene rings is 1. The largest absolute Gasteiger partial charge is 0.378 e. The second-order valence-electron chi connectivity index (χ2n) is 6.71. The predicted octanol–water partition coefficient (Wildman–Crippen LogP) is 1.25. The number of nitro groups is 1. The SMILES string of the molecule is CC(C)(CNc1ccc(S(C)(=O)=O)cc1[N+](=O)[O-])N1CCS(=O)CC1. The molecule has 8 nitrogen and oxygen atoms in total. The van der Waals surface area contributed by atoms with Gasteiger partial charge in [-0.2, -0.15) is 0 Å². The average molecular weight is 389 g/mol. The molecule has 1 heterocycles. The quantitative estimate of drug-likeness (QED) is 0.576. The first kappa shape index (κ1) is 19.8. The summed E-state index contributed by atoms with van der Waals surface area (Å²) in [4.78, 5) is 12.8. The van der Waals surface area contributed by atoms with Crippen LogP contribution in [-0.2, 0) is 20.6 Å². The van der Waals surface area contributed by atoms with Crippen molar-refractivity contribution in [3.8, 4) is 0 Å². The molecule has 0 radical (unpaired) electrons. The van der Waals surface area contributed by atoms with Gasteiger partial charge in [-0.15, -0.1) is 0 Å². The van der Waals surface area contributed by atoms with Gasteiger partial charge in [0.25, 0.3) is 5.69 Å². The van der Waals surface area contributed by atoms with Gasteiger partial charge in [0.2, 0.25) is 0 Å². The number of hydrogen-bond acceptors (Lipinski definition) is 7. The Kier molecular flexibility index (Phi) is 5.85. The lowest BCUT2D eigenvalue weighted by molar-refractivity contribution is -0.384. The molecule has 10 heteroatoms. The van der Waals surface area contributed by atoms with Gasteiger partial charge >= 0.3 is 0 Å². The first-order chi connectivity index (χ1) is 11.5. The Morgan fingerprint density at radius 2 is 1.92 bits per heavy atom. The van der Waals surface area contributed by atoms with E-state index in [1.165, 1.54) is 12.1 Å². The van der Waals surface area contributed by atoms with Crippen molar-refractivity contribution in [3.05, 3.63) is 28.3 Å². The first-order valence-corrected chi connectivity index (χ1v) is 11.2. The highest BCUT2D eigenvalue weighted by atomic mass is 32.2. The molecule has 0 saturated carbocycles. The minimum atomic E-state index is -3.51. The number of hydrogen-bond donors (Lipinski definition) is 1. The van der Waals surface area contributed by atoms with Crippen molar-refractivity contribution in [2.75, 3.05) is 42.7 Å². The van der Waals surface area contributed by atoms with Gasteiger partial charge < -0.3 is 5.32 Å². The minimum absolute atomic E-state index is 0.0810. The van der Waals surface area contributed by atoms with Crippen LogP contribution >= 0.6 is 0 Å². The van der Waals surface area contributed by atoms with Crippen LogP contribution in [0.2, 0.25) is 0 Å². The summed E-state index contributed by atoms with van der Waals surface area (Å²) in [5, 5.41) is 14.4. The lowest BCUT2D eigenvalue weighted by Gasteiger charge is -2.40. The van der Waals surface area contributed by atoms with Gasteiger partial charge in [-0.25, -0.2) is 8.42 Å². The molecule has 0 spiro atoms. The highest BCUT2D eigenvalue weighted by Crippen LogP contribution is 2.28. The van der Waals surface area contributed by atoms with E-state index in [2.05, 4.69) is 10.2 Å². The second kappa shape index (κ2) is 7.38. The Hall–Kier alpha value is -1.52. The number of nitrogens with one attached hydrogen (secondary N) is 1. The standard InChI is InChI=1S/C15H23N3O5S2/c1-15(2,17-6-8-24(21)9-7-17)11-16-13-5-4-12(25(3,22)23)10-14(13)18(19)20/h4-5,10,16H,6-9,11H2,1-3H3. The average Bonchev–Trinajstić information content (AvgIpc) is 2.52. The highest BCUT2D eigenvalue weighted by Gasteiger charge is 2.30. The van der Waals surface area contributed by atoms with Crippen LogP contribution in [0.5, 0.6) is 0 Å². The summed E-state index contributed by atoms with van der Waals surface area (Å²) in [5.74, 6) is 1.26. The van der Waals surface area contributed by atoms with Crippen molar-refractivity contribution in [3.63, 3.8) is 0 Å². The molecule has 1 saturated heterocycles. The van der Waals surface area contributed by atoms with Gasteiger partial charge in [0.1, 0.15) is 5.69 Å². The summed E-state index contributed by atoms with van der Waals surface area (Å²) < 4.78 is 34.7. The van der Waals surface area contributed by atoms with Gasteiger partial charge in [0, 0.05) is 59.8 Å². The third-order valence-electron chi connectivity index (χ3n) is 4.34. The maximum atomic E-state index is 11.6. The van der Waals surface area contributed by atoms with E-state index in [0.717, 1.165) is 25.4 Å². The Morgan fingerprint density at radius 1 is 1.32 bits per heavy atom. The van der Waals surface area contributed by atoms with Gasteiger partial charge in [0.15, 0.2) is 9.84 Å². The maximum absolute atomic E-state index is 11.6. The van der Waals surface area contributed by atoms with Crippen LogP contribution in [-0.4, -0.2) is 65.4 Å². The molecule has 1 fully saturated rings. The molecular weight excluding hydrogens is 366 g/mol. The molecule has 1 aliphatic rings. The number of nitrogens with zero attached hydrogens (tertiary/aromatic N) is 2. The van der Waals surface area contributed by atoms with Crippen LogP contribution in [0, 0.1) is 10.1 Å². The fourth-order valence-corrected chi connectivity index (χ4v) is 4.40. The van der Waals surface area contributed by atoms with E-state index in [1.54, 1.807) is 0 Å². The van der Waals surface area contributed by atoms with Gasteiger partial charge in [-0.3, -0.25) is 19.2 Å². The Bertz CT molecular complexity index is 782. The maximum Gasteiger partial charge on any atom is 0.293 e. The van der Waals surface area contributed by atoms with Crippen molar-refractivity contribution < 1.29 is 17.6 Å². The van der Waals surface area contributed by atoms with Crippen molar-refractivity contribution in [2.45, 2.75) is 24.3 Å². The lowest BCUT2D eigenvalue weighted by atomic mass is 10.0. The van der Waals surface area contributed by atoms with Crippen LogP contribution in [0.3, 0.4) is 0 Å². The fourth-order valence-electron chi connectivity index (χ4n) is 2.71. The zero-order valence-electron chi connectivity index (χ0n) is 14.5. The monoisotopic (exact) mass is 389 g/mol. The van der Waals surface area contributed by atoms with Crippen molar-refractivity contribution in [1.29, 1.82) is 0 Å². The van der Waals surface area contributed by atoms with Crippen LogP contribution in [0.4, 0.5) is 11.4 Å². The molecule has 1 aromatic rings. The van der Waals surface area contributed by atoms with E-state index in [4.69, 9.17) is 0 Å². The summed E-state index contributed by atoms with van der Waals surface area (Å²) in [6, 6.07) is 3.87. The zero-order valence-corrected chi connectivity index (χ0v) is 16.2. The number of sulfone groups is 1. The molecule has 25 heavy (non-hydrogen) atoms. The third-order valence-corrected chi connectivity index (χ3v) is 6.73. The van der Waals surface area contributed by atoms with Gasteiger partial charge in [0.05, 0.1) is 9.82 Å². The molecule has 0 amide bonds. The Balaban J connectivity index is 2.16. The Morgan fingerprint density at radius 3 is 2.44 bits per heavy atom. The van der Waals surface area contributed by atoms with Gasteiger partial charge in [-0.05, 0) is 26.0 Å². The highest BCUT2D eigenvalue weighted by molar-refractivity contribution is 7.90. The summed E-state index contributed by atoms with van der Waals surface area (Å²) >= 11 is 0. The Labute approximate surface area is 150 Å². The third kappa shape index (κ3) is 4.99. The summed E-state index contributed by atoms with van der Waals surface area (Å²) in [6.45, 7) is 5.92. The van der Waals surface area contributed by atoms with E-state index >= 15 is 0 Å². The minimum Gasteiger partial charge on any atom is -0.378 e. The number of anilines is 1. The van der Waals surface area contributed by atoms with Crippen LogP contribution in [0.15, 0.2) is 23.1 Å². The summed E-state index contributed by atoms with van der Waals surface area (Å²) in [5.41, 5.74) is -0.266. The van der Waals surface area contributed by atoms with Crippen LogP contribution in [0.25, 0.3) is 0 Å². The van der Waals surface area contributed by atoms with E-state index in [1.807, 2.05) is 13.8 Å². The fraction of sp³-hybridized carbons (Fsp3) is 0.600. The van der Waals surface area contributed by atoms with Crippen LogP contribution < -0.4 is 5.32 Å². The van der Waals surface area contributed by atoms with Crippen molar-refractivity contribution in [2.24, 2.45) is 0 Å². The van der Waals surface area contributed by atoms with Crippen molar-refractivity contribution in [1.82, 2.24) is 4.90 Å². The van der Waals surface area contributed by atoms with E-state index in [9.17, 15) is 22.7 Å². The topological polar surface area (TPSA) is 110 Å². The van der Waals surface area contributed by atoms with E-state index in [-0.39, 0.29) is 21.8 Å². The molecule has 140 valence electrons.